The highest BCUT2D eigenvalue weighted by atomic mass is 16.5. The quantitative estimate of drug-likeness (QED) is 0.937. The molecule has 0 saturated heterocycles. The summed E-state index contributed by atoms with van der Waals surface area (Å²) in [6, 6.07) is 3.74. The number of carbonyl (C=O) groups excluding carboxylic acids is 1. The number of rotatable bonds is 4. The summed E-state index contributed by atoms with van der Waals surface area (Å²) in [5, 5.41) is 6.75. The van der Waals surface area contributed by atoms with Crippen LogP contribution in [0.2, 0.25) is 0 Å². The fraction of sp³-hybridized carbons (Fsp3) is 0.400. The van der Waals surface area contributed by atoms with E-state index in [-0.39, 0.29) is 6.03 Å². The Balaban J connectivity index is 1.89. The molecule has 2 amide bonds. The molecule has 0 unspecified atom stereocenters. The summed E-state index contributed by atoms with van der Waals surface area (Å²) in [6.45, 7) is 6.57. The monoisotopic (exact) mass is 288 g/mol. The summed E-state index contributed by atoms with van der Waals surface area (Å²) < 4.78 is 5.10. The van der Waals surface area contributed by atoms with E-state index in [2.05, 4.69) is 15.5 Å². The first-order valence-corrected chi connectivity index (χ1v) is 6.79. The largest absolute Gasteiger partial charge is 0.361 e. The zero-order valence-electron chi connectivity index (χ0n) is 12.8. The molecule has 6 nitrogen and oxygen atoms in total. The molecule has 0 atom stereocenters. The second-order valence-corrected chi connectivity index (χ2v) is 5.13. The maximum Gasteiger partial charge on any atom is 0.317 e. The van der Waals surface area contributed by atoms with E-state index in [1.165, 1.54) is 0 Å². The molecule has 2 heterocycles. The second-order valence-electron chi connectivity index (χ2n) is 5.13. The Morgan fingerprint density at radius 3 is 2.67 bits per heavy atom. The highest BCUT2D eigenvalue weighted by Gasteiger charge is 2.15. The SMILES string of the molecule is Cc1ccc(CNC(=O)N(C)Cc2c(C)noc2C)cn1. The molecule has 0 radical (unpaired) electrons. The lowest BCUT2D eigenvalue weighted by Crippen LogP contribution is -2.36. The smallest absolute Gasteiger partial charge is 0.317 e. The first-order chi connectivity index (χ1) is 9.97. The van der Waals surface area contributed by atoms with Crippen LogP contribution in [0.5, 0.6) is 0 Å². The van der Waals surface area contributed by atoms with E-state index >= 15 is 0 Å². The lowest BCUT2D eigenvalue weighted by Gasteiger charge is -2.17. The average Bonchev–Trinajstić information content (AvgIpc) is 2.78. The van der Waals surface area contributed by atoms with Crippen LogP contribution in [0.1, 0.15) is 28.3 Å². The molecular weight excluding hydrogens is 268 g/mol. The van der Waals surface area contributed by atoms with Crippen molar-refractivity contribution < 1.29 is 9.32 Å². The Morgan fingerprint density at radius 1 is 1.33 bits per heavy atom. The number of nitrogens with one attached hydrogen (secondary N) is 1. The molecule has 21 heavy (non-hydrogen) atoms. The summed E-state index contributed by atoms with van der Waals surface area (Å²) in [7, 11) is 1.74. The molecule has 1 N–H and O–H groups in total. The van der Waals surface area contributed by atoms with E-state index < -0.39 is 0 Å². The Bertz CT molecular complexity index is 600. The van der Waals surface area contributed by atoms with Gasteiger partial charge in [0, 0.05) is 31.0 Å². The van der Waals surface area contributed by atoms with E-state index in [0.29, 0.717) is 13.1 Å². The van der Waals surface area contributed by atoms with Gasteiger partial charge < -0.3 is 14.7 Å². The summed E-state index contributed by atoms with van der Waals surface area (Å²) in [5.74, 6) is 0.745. The van der Waals surface area contributed by atoms with Gasteiger partial charge in [-0.05, 0) is 32.4 Å². The van der Waals surface area contributed by atoms with Crippen molar-refractivity contribution in [2.45, 2.75) is 33.9 Å². The van der Waals surface area contributed by atoms with Crippen LogP contribution in [-0.2, 0) is 13.1 Å². The standard InChI is InChI=1S/C15H20N4O2/c1-10-5-6-13(7-16-10)8-17-15(20)19(4)9-14-11(2)18-21-12(14)3/h5-7H,8-9H2,1-4H3,(H,17,20). The molecule has 0 spiro atoms. The van der Waals surface area contributed by atoms with Crippen molar-refractivity contribution in [3.8, 4) is 0 Å². The summed E-state index contributed by atoms with van der Waals surface area (Å²) in [5.41, 5.74) is 3.69. The van der Waals surface area contributed by atoms with E-state index in [1.54, 1.807) is 18.1 Å². The molecule has 2 aromatic rings. The van der Waals surface area contributed by atoms with Crippen molar-refractivity contribution in [2.24, 2.45) is 0 Å². The highest BCUT2D eigenvalue weighted by molar-refractivity contribution is 5.73. The van der Waals surface area contributed by atoms with Gasteiger partial charge in [0.15, 0.2) is 0 Å². The second kappa shape index (κ2) is 6.39. The normalized spacial score (nSPS) is 10.5. The lowest BCUT2D eigenvalue weighted by molar-refractivity contribution is 0.206. The minimum atomic E-state index is -0.143. The van der Waals surface area contributed by atoms with Gasteiger partial charge in [-0.25, -0.2) is 4.79 Å². The molecule has 0 saturated carbocycles. The number of pyridine rings is 1. The maximum atomic E-state index is 12.1. The number of carbonyl (C=O) groups is 1. The van der Waals surface area contributed by atoms with Crippen molar-refractivity contribution in [2.75, 3.05) is 7.05 Å². The molecule has 112 valence electrons. The van der Waals surface area contributed by atoms with Crippen molar-refractivity contribution in [1.29, 1.82) is 0 Å². The molecule has 0 aliphatic rings. The Hall–Kier alpha value is -2.37. The fourth-order valence-electron chi connectivity index (χ4n) is 1.95. The molecule has 0 aliphatic carbocycles. The third-order valence-corrected chi connectivity index (χ3v) is 3.34. The Morgan fingerprint density at radius 2 is 2.10 bits per heavy atom. The number of hydrogen-bond acceptors (Lipinski definition) is 4. The van der Waals surface area contributed by atoms with E-state index in [1.807, 2.05) is 32.9 Å². The summed E-state index contributed by atoms with van der Waals surface area (Å²) in [4.78, 5) is 17.9. The Kier molecular flexibility index (Phi) is 4.57. The lowest BCUT2D eigenvalue weighted by atomic mass is 10.2. The molecule has 2 rings (SSSR count). The van der Waals surface area contributed by atoms with Crippen LogP contribution in [0.3, 0.4) is 0 Å². The predicted octanol–water partition coefficient (Wildman–Crippen LogP) is 2.34. The van der Waals surface area contributed by atoms with Gasteiger partial charge in [-0.15, -0.1) is 0 Å². The van der Waals surface area contributed by atoms with Crippen LogP contribution in [-0.4, -0.2) is 28.1 Å². The van der Waals surface area contributed by atoms with Gasteiger partial charge in [0.1, 0.15) is 5.76 Å². The van der Waals surface area contributed by atoms with Crippen molar-refractivity contribution in [1.82, 2.24) is 20.4 Å². The van der Waals surface area contributed by atoms with Crippen molar-refractivity contribution in [3.05, 3.63) is 46.6 Å². The van der Waals surface area contributed by atoms with Crippen molar-refractivity contribution >= 4 is 6.03 Å². The van der Waals surface area contributed by atoms with Gasteiger partial charge in [-0.1, -0.05) is 11.2 Å². The number of nitrogens with zero attached hydrogens (tertiary/aromatic N) is 3. The minimum absolute atomic E-state index is 0.143. The third kappa shape index (κ3) is 3.81. The predicted molar refractivity (Wildman–Crippen MR) is 78.7 cm³/mol. The van der Waals surface area contributed by atoms with Gasteiger partial charge >= 0.3 is 6.03 Å². The summed E-state index contributed by atoms with van der Waals surface area (Å²) >= 11 is 0. The van der Waals surface area contributed by atoms with Gasteiger partial charge in [-0.2, -0.15) is 0 Å². The molecule has 0 fully saturated rings. The zero-order chi connectivity index (χ0) is 15.4. The first kappa shape index (κ1) is 15.0. The van der Waals surface area contributed by atoms with Crippen LogP contribution < -0.4 is 5.32 Å². The Labute approximate surface area is 124 Å². The number of aromatic nitrogens is 2. The molecular formula is C15H20N4O2. The van der Waals surface area contributed by atoms with Crippen LogP contribution >= 0.6 is 0 Å². The van der Waals surface area contributed by atoms with Crippen LogP contribution in [0.15, 0.2) is 22.9 Å². The van der Waals surface area contributed by atoms with Gasteiger partial charge in [0.05, 0.1) is 12.2 Å². The third-order valence-electron chi connectivity index (χ3n) is 3.34. The van der Waals surface area contributed by atoms with Crippen molar-refractivity contribution in [3.63, 3.8) is 0 Å². The maximum absolute atomic E-state index is 12.1. The average molecular weight is 288 g/mol. The molecule has 6 heteroatoms. The van der Waals surface area contributed by atoms with E-state index in [4.69, 9.17) is 4.52 Å². The number of urea groups is 1. The summed E-state index contributed by atoms with van der Waals surface area (Å²) in [6.07, 6.45) is 1.77. The fourth-order valence-corrected chi connectivity index (χ4v) is 1.95. The number of amides is 2. The topological polar surface area (TPSA) is 71.3 Å². The number of hydrogen-bond donors (Lipinski definition) is 1. The van der Waals surface area contributed by atoms with E-state index in [9.17, 15) is 4.79 Å². The van der Waals surface area contributed by atoms with E-state index in [0.717, 1.165) is 28.3 Å². The van der Waals surface area contributed by atoms with Gasteiger partial charge in [-0.3, -0.25) is 4.98 Å². The molecule has 0 aromatic carbocycles. The number of aryl methyl sites for hydroxylation is 3. The zero-order valence-corrected chi connectivity index (χ0v) is 12.8. The first-order valence-electron chi connectivity index (χ1n) is 6.79. The minimum Gasteiger partial charge on any atom is -0.361 e. The molecule has 0 bridgehead atoms. The van der Waals surface area contributed by atoms with Gasteiger partial charge in [0.2, 0.25) is 0 Å². The van der Waals surface area contributed by atoms with Crippen LogP contribution in [0, 0.1) is 20.8 Å². The molecule has 0 aliphatic heterocycles. The highest BCUT2D eigenvalue weighted by Crippen LogP contribution is 2.14. The molecule has 2 aromatic heterocycles. The van der Waals surface area contributed by atoms with Crippen LogP contribution in [0.25, 0.3) is 0 Å². The van der Waals surface area contributed by atoms with Crippen LogP contribution in [0.4, 0.5) is 4.79 Å². The van der Waals surface area contributed by atoms with Gasteiger partial charge in [0.25, 0.3) is 0 Å².